The van der Waals surface area contributed by atoms with Gasteiger partial charge in [0.05, 0.1) is 7.11 Å². The Morgan fingerprint density at radius 3 is 2.39 bits per heavy atom. The van der Waals surface area contributed by atoms with Crippen LogP contribution in [0.2, 0.25) is 0 Å². The van der Waals surface area contributed by atoms with Crippen molar-refractivity contribution in [1.29, 1.82) is 0 Å². The van der Waals surface area contributed by atoms with Crippen LogP contribution < -0.4 is 4.74 Å². The van der Waals surface area contributed by atoms with Gasteiger partial charge in [-0.05, 0) is 41.0 Å². The summed E-state index contributed by atoms with van der Waals surface area (Å²) in [7, 11) is 1.66. The molecule has 1 atom stereocenters. The van der Waals surface area contributed by atoms with Gasteiger partial charge in [0.1, 0.15) is 11.5 Å². The van der Waals surface area contributed by atoms with Crippen LogP contribution in [0.15, 0.2) is 66.7 Å². The van der Waals surface area contributed by atoms with Crippen LogP contribution in [0.4, 0.5) is 0 Å². The molecule has 3 aromatic rings. The maximum Gasteiger partial charge on any atom is 0.130 e. The first kappa shape index (κ1) is 15.3. The lowest BCUT2D eigenvalue weighted by molar-refractivity contribution is -0.117. The molecule has 0 saturated carbocycles. The van der Waals surface area contributed by atoms with Crippen molar-refractivity contribution in [2.75, 3.05) is 7.11 Å². The summed E-state index contributed by atoms with van der Waals surface area (Å²) in [6.07, 6.45) is 0.492. The normalized spacial score (nSPS) is 12.1. The second-order valence-corrected chi connectivity index (χ2v) is 5.84. The Balaban J connectivity index is 2.07. The molecule has 2 heteroatoms. The number of hydrogen-bond acceptors (Lipinski definition) is 2. The van der Waals surface area contributed by atoms with Crippen molar-refractivity contribution in [1.82, 2.24) is 0 Å². The number of carbonyl (C=O) groups is 1. The topological polar surface area (TPSA) is 26.3 Å². The van der Waals surface area contributed by atoms with E-state index < -0.39 is 0 Å². The molecule has 0 radical (unpaired) electrons. The van der Waals surface area contributed by atoms with Gasteiger partial charge in [-0.25, -0.2) is 0 Å². The highest BCUT2D eigenvalue weighted by atomic mass is 16.5. The quantitative estimate of drug-likeness (QED) is 0.666. The summed E-state index contributed by atoms with van der Waals surface area (Å²) in [5.41, 5.74) is 2.27. The molecule has 0 N–H and O–H groups in total. The van der Waals surface area contributed by atoms with E-state index in [4.69, 9.17) is 4.74 Å². The van der Waals surface area contributed by atoms with Crippen molar-refractivity contribution in [2.45, 2.75) is 19.3 Å². The lowest BCUT2D eigenvalue weighted by atomic mass is 9.86. The highest BCUT2D eigenvalue weighted by molar-refractivity contribution is 5.84. The van der Waals surface area contributed by atoms with Gasteiger partial charge >= 0.3 is 0 Å². The molecule has 0 unspecified atom stereocenters. The van der Waals surface area contributed by atoms with Crippen LogP contribution in [0.25, 0.3) is 10.8 Å². The number of Topliss-reactive ketones (excluding diaryl/α,β-unsaturated/α-hetero) is 1. The maximum absolute atomic E-state index is 11.8. The van der Waals surface area contributed by atoms with Crippen LogP contribution in [0.3, 0.4) is 0 Å². The third kappa shape index (κ3) is 3.42. The van der Waals surface area contributed by atoms with Gasteiger partial charge in [0, 0.05) is 12.3 Å². The minimum Gasteiger partial charge on any atom is -0.497 e. The second kappa shape index (κ2) is 6.66. The molecule has 0 spiro atoms. The van der Waals surface area contributed by atoms with Gasteiger partial charge in [0.2, 0.25) is 0 Å². The minimum atomic E-state index is 0.0483. The summed E-state index contributed by atoms with van der Waals surface area (Å²) >= 11 is 0. The summed E-state index contributed by atoms with van der Waals surface area (Å²) in [6.45, 7) is 1.65. The van der Waals surface area contributed by atoms with Crippen LogP contribution >= 0.6 is 0 Å². The van der Waals surface area contributed by atoms with E-state index in [1.807, 2.05) is 30.3 Å². The molecule has 23 heavy (non-hydrogen) atoms. The molecule has 3 aromatic carbocycles. The van der Waals surface area contributed by atoms with Crippen LogP contribution in [0, 0.1) is 0 Å². The van der Waals surface area contributed by atoms with Gasteiger partial charge in [0.25, 0.3) is 0 Å². The standard InChI is InChI=1S/C21H20O2/c1-15(22)12-21(18-8-5-9-20(14-18)23-2)19-11-10-16-6-3-4-7-17(16)13-19/h3-11,13-14,21H,12H2,1-2H3/t21-/m1/s1. The Morgan fingerprint density at radius 1 is 0.913 bits per heavy atom. The van der Waals surface area contributed by atoms with Crippen LogP contribution in [0.5, 0.6) is 5.75 Å². The number of hydrogen-bond donors (Lipinski definition) is 0. The van der Waals surface area contributed by atoms with Crippen molar-refractivity contribution in [3.05, 3.63) is 77.9 Å². The van der Waals surface area contributed by atoms with Gasteiger partial charge in [-0.3, -0.25) is 4.79 Å². The van der Waals surface area contributed by atoms with Gasteiger partial charge in [-0.15, -0.1) is 0 Å². The van der Waals surface area contributed by atoms with Gasteiger partial charge in [-0.2, -0.15) is 0 Å². The van der Waals surface area contributed by atoms with Crippen LogP contribution in [0.1, 0.15) is 30.4 Å². The van der Waals surface area contributed by atoms with Crippen LogP contribution in [-0.2, 0) is 4.79 Å². The lowest BCUT2D eigenvalue weighted by Crippen LogP contribution is -2.06. The average Bonchev–Trinajstić information content (AvgIpc) is 2.59. The molecule has 116 valence electrons. The molecule has 0 fully saturated rings. The highest BCUT2D eigenvalue weighted by Gasteiger charge is 2.17. The summed E-state index contributed by atoms with van der Waals surface area (Å²) in [5.74, 6) is 1.05. The first-order valence-corrected chi connectivity index (χ1v) is 7.79. The fraction of sp³-hybridized carbons (Fsp3) is 0.190. The zero-order valence-corrected chi connectivity index (χ0v) is 13.5. The molecule has 0 saturated heterocycles. The van der Waals surface area contributed by atoms with Crippen molar-refractivity contribution in [2.24, 2.45) is 0 Å². The van der Waals surface area contributed by atoms with E-state index in [9.17, 15) is 4.79 Å². The van der Waals surface area contributed by atoms with Gasteiger partial charge in [-0.1, -0.05) is 54.6 Å². The zero-order valence-electron chi connectivity index (χ0n) is 13.5. The van der Waals surface area contributed by atoms with E-state index in [0.29, 0.717) is 6.42 Å². The Bertz CT molecular complexity index is 836. The molecule has 3 rings (SSSR count). The molecule has 0 heterocycles. The molecular weight excluding hydrogens is 284 g/mol. The van der Waals surface area contributed by atoms with Crippen molar-refractivity contribution >= 4 is 16.6 Å². The van der Waals surface area contributed by atoms with E-state index in [1.54, 1.807) is 14.0 Å². The number of benzene rings is 3. The number of rotatable bonds is 5. The fourth-order valence-corrected chi connectivity index (χ4v) is 3.00. The number of carbonyl (C=O) groups excluding carboxylic acids is 1. The predicted octanol–water partition coefficient (Wildman–Crippen LogP) is 4.96. The molecule has 0 aliphatic rings. The molecule has 2 nitrogen and oxygen atoms in total. The monoisotopic (exact) mass is 304 g/mol. The number of ketones is 1. The Kier molecular flexibility index (Phi) is 4.42. The van der Waals surface area contributed by atoms with E-state index in [0.717, 1.165) is 16.9 Å². The van der Waals surface area contributed by atoms with E-state index in [1.165, 1.54) is 10.8 Å². The summed E-state index contributed by atoms with van der Waals surface area (Å²) in [5, 5.41) is 2.41. The SMILES string of the molecule is COc1cccc([C@@H](CC(C)=O)c2ccc3ccccc3c2)c1. The van der Waals surface area contributed by atoms with Crippen molar-refractivity contribution in [3.63, 3.8) is 0 Å². The Morgan fingerprint density at radius 2 is 1.65 bits per heavy atom. The number of ether oxygens (including phenoxy) is 1. The maximum atomic E-state index is 11.8. The average molecular weight is 304 g/mol. The minimum absolute atomic E-state index is 0.0483. The highest BCUT2D eigenvalue weighted by Crippen LogP contribution is 2.32. The second-order valence-electron chi connectivity index (χ2n) is 5.84. The van der Waals surface area contributed by atoms with E-state index >= 15 is 0 Å². The van der Waals surface area contributed by atoms with Crippen molar-refractivity contribution in [3.8, 4) is 5.75 Å². The van der Waals surface area contributed by atoms with Gasteiger partial charge < -0.3 is 4.74 Å². The predicted molar refractivity (Wildman–Crippen MR) is 94.1 cm³/mol. The molecule has 0 aromatic heterocycles. The fourth-order valence-electron chi connectivity index (χ4n) is 3.00. The Labute approximate surface area is 136 Å². The summed E-state index contributed by atoms with van der Waals surface area (Å²) < 4.78 is 5.33. The zero-order chi connectivity index (χ0) is 16.2. The van der Waals surface area contributed by atoms with E-state index in [2.05, 4.69) is 36.4 Å². The smallest absolute Gasteiger partial charge is 0.130 e. The number of fused-ring (bicyclic) bond motifs is 1. The molecule has 0 aliphatic carbocycles. The largest absolute Gasteiger partial charge is 0.497 e. The first-order valence-electron chi connectivity index (χ1n) is 7.79. The lowest BCUT2D eigenvalue weighted by Gasteiger charge is -2.18. The molecule has 0 amide bonds. The molecule has 0 aliphatic heterocycles. The third-order valence-corrected chi connectivity index (χ3v) is 4.16. The van der Waals surface area contributed by atoms with E-state index in [-0.39, 0.29) is 11.7 Å². The first-order chi connectivity index (χ1) is 11.2. The third-order valence-electron chi connectivity index (χ3n) is 4.16. The summed E-state index contributed by atoms with van der Waals surface area (Å²) in [6, 6.07) is 22.7. The van der Waals surface area contributed by atoms with Crippen molar-refractivity contribution < 1.29 is 9.53 Å². The Hall–Kier alpha value is -2.61. The molecular formula is C21H20O2. The van der Waals surface area contributed by atoms with Crippen LogP contribution in [-0.4, -0.2) is 12.9 Å². The molecule has 0 bridgehead atoms. The summed E-state index contributed by atoms with van der Waals surface area (Å²) in [4.78, 5) is 11.8. The van der Waals surface area contributed by atoms with Gasteiger partial charge in [0.15, 0.2) is 0 Å². The number of methoxy groups -OCH3 is 1.